The second-order valence-electron chi connectivity index (χ2n) is 9.01. The molecule has 5 atom stereocenters. The van der Waals surface area contributed by atoms with Crippen LogP contribution in [0.3, 0.4) is 0 Å². The molecule has 3 rings (SSSR count). The molecule has 0 spiro atoms. The number of ether oxygens (including phenoxy) is 4. The van der Waals surface area contributed by atoms with Gasteiger partial charge in [-0.2, -0.15) is 4.98 Å². The highest BCUT2D eigenvalue weighted by Crippen LogP contribution is 2.32. The van der Waals surface area contributed by atoms with E-state index in [-0.39, 0.29) is 18.2 Å². The standard InChI is InChI=1S/C24H29F2N4O10P/c1-12(2)39-23(33)13(3)29-41(35)38-10-18(20(31)21(25)26)40-14(4)30-8-7-19(28-24(30)34)27-22(32)15-5-6-16-17(9-15)37-11-36-16/h5-9,12-14,18,20-21,31H,10-11H2,1-4H3,(H-,27,28,29,32,34,35)/p+1/t13-,14+,18?,20?/m0/s1. The highest BCUT2D eigenvalue weighted by Gasteiger charge is 2.35. The zero-order chi connectivity index (χ0) is 30.3. The summed E-state index contributed by atoms with van der Waals surface area (Å²) in [7, 11) is -2.75. The van der Waals surface area contributed by atoms with Crippen molar-refractivity contribution < 1.29 is 51.5 Å². The van der Waals surface area contributed by atoms with Crippen LogP contribution in [0.25, 0.3) is 0 Å². The fraction of sp³-hybridized carbons (Fsp3) is 0.500. The van der Waals surface area contributed by atoms with Crippen LogP contribution in [-0.4, -0.2) is 70.7 Å². The Labute approximate surface area is 233 Å². The van der Waals surface area contributed by atoms with Gasteiger partial charge in [-0.1, -0.05) is 5.09 Å². The molecular formula is C24H30F2N4O10P+. The SMILES string of the molecule is CC(C)OC(=O)[C@H](C)N[P+](=O)OCC(O[C@H](C)n1ccc(NC(=O)c2ccc3c(c2)OCO3)nc1=O)C(O)C(F)F. The number of rotatable bonds is 14. The van der Waals surface area contributed by atoms with E-state index in [1.54, 1.807) is 19.9 Å². The first-order valence-electron chi connectivity index (χ1n) is 12.3. The Hall–Kier alpha value is -3.56. The highest BCUT2D eigenvalue weighted by molar-refractivity contribution is 7.36. The predicted octanol–water partition coefficient (Wildman–Crippen LogP) is 2.36. The second-order valence-corrected chi connectivity index (χ2v) is 10.0. The molecule has 0 fully saturated rings. The summed E-state index contributed by atoms with van der Waals surface area (Å²) in [6.07, 6.45) is -7.82. The van der Waals surface area contributed by atoms with Crippen molar-refractivity contribution in [1.29, 1.82) is 0 Å². The maximum absolute atomic E-state index is 13.3. The number of halogens is 2. The van der Waals surface area contributed by atoms with Gasteiger partial charge in [0, 0.05) is 11.8 Å². The molecule has 1 aliphatic heterocycles. The van der Waals surface area contributed by atoms with Crippen LogP contribution in [0, 0.1) is 0 Å². The summed E-state index contributed by atoms with van der Waals surface area (Å²) >= 11 is 0. The summed E-state index contributed by atoms with van der Waals surface area (Å²) in [5.74, 6) is -0.504. The number of hydrogen-bond donors (Lipinski definition) is 3. The Kier molecular flexibility index (Phi) is 11.2. The zero-order valence-electron chi connectivity index (χ0n) is 22.5. The maximum atomic E-state index is 13.3. The normalized spacial score (nSPS) is 15.8. The van der Waals surface area contributed by atoms with E-state index in [0.29, 0.717) is 11.5 Å². The minimum Gasteiger partial charge on any atom is -0.462 e. The van der Waals surface area contributed by atoms with Crippen LogP contribution in [-0.2, 0) is 23.4 Å². The van der Waals surface area contributed by atoms with E-state index in [1.807, 2.05) is 0 Å². The topological polar surface area (TPSA) is 177 Å². The third kappa shape index (κ3) is 8.96. The fourth-order valence-corrected chi connectivity index (χ4v) is 4.19. The van der Waals surface area contributed by atoms with E-state index < -0.39 is 69.4 Å². The Balaban J connectivity index is 1.62. The fourth-order valence-electron chi connectivity index (χ4n) is 3.41. The molecule has 2 heterocycles. The van der Waals surface area contributed by atoms with Gasteiger partial charge < -0.3 is 29.4 Å². The number of anilines is 1. The molecule has 41 heavy (non-hydrogen) atoms. The molecular weight excluding hydrogens is 573 g/mol. The Morgan fingerprint density at radius 1 is 1.17 bits per heavy atom. The van der Waals surface area contributed by atoms with Crippen molar-refractivity contribution in [2.75, 3.05) is 18.7 Å². The van der Waals surface area contributed by atoms with Crippen LogP contribution in [0.15, 0.2) is 35.3 Å². The average molecular weight is 603 g/mol. The van der Waals surface area contributed by atoms with Gasteiger partial charge in [-0.15, -0.1) is 4.52 Å². The number of benzene rings is 1. The largest absolute Gasteiger partial charge is 0.613 e. The first-order valence-corrected chi connectivity index (χ1v) is 13.5. The maximum Gasteiger partial charge on any atom is 0.613 e. The molecule has 1 aromatic carbocycles. The van der Waals surface area contributed by atoms with Crippen molar-refractivity contribution in [1.82, 2.24) is 14.6 Å². The summed E-state index contributed by atoms with van der Waals surface area (Å²) < 4.78 is 65.5. The van der Waals surface area contributed by atoms with Gasteiger partial charge in [-0.25, -0.2) is 13.6 Å². The Morgan fingerprint density at radius 2 is 1.88 bits per heavy atom. The number of fused-ring (bicyclic) bond motifs is 1. The molecule has 0 bridgehead atoms. The molecule has 0 aliphatic carbocycles. The number of nitrogens with one attached hydrogen (secondary N) is 2. The summed E-state index contributed by atoms with van der Waals surface area (Å²) in [6.45, 7) is 5.19. The smallest absolute Gasteiger partial charge is 0.462 e. The van der Waals surface area contributed by atoms with Gasteiger partial charge in [0.25, 0.3) is 12.3 Å². The number of carbonyl (C=O) groups is 2. The third-order valence-electron chi connectivity index (χ3n) is 5.47. The number of amides is 1. The third-order valence-corrected chi connectivity index (χ3v) is 6.45. The number of aromatic nitrogens is 2. The lowest BCUT2D eigenvalue weighted by molar-refractivity contribution is -0.150. The molecule has 224 valence electrons. The minimum atomic E-state index is -3.26. The van der Waals surface area contributed by atoms with Crippen molar-refractivity contribution in [2.45, 2.75) is 64.7 Å². The second kappa shape index (κ2) is 14.4. The lowest BCUT2D eigenvalue weighted by Gasteiger charge is -2.25. The van der Waals surface area contributed by atoms with E-state index >= 15 is 0 Å². The first kappa shape index (κ1) is 32.0. The number of carbonyl (C=O) groups excluding carboxylic acids is 2. The van der Waals surface area contributed by atoms with E-state index in [0.717, 1.165) is 4.57 Å². The van der Waals surface area contributed by atoms with Crippen LogP contribution in [0.2, 0.25) is 0 Å². The monoisotopic (exact) mass is 603 g/mol. The number of aliphatic hydroxyl groups is 1. The Bertz CT molecular complexity index is 1310. The summed E-state index contributed by atoms with van der Waals surface area (Å²) in [4.78, 5) is 40.8. The molecule has 1 amide bonds. The molecule has 1 aliphatic rings. The molecule has 0 radical (unpaired) electrons. The summed E-state index contributed by atoms with van der Waals surface area (Å²) in [6, 6.07) is 4.76. The van der Waals surface area contributed by atoms with Crippen LogP contribution in [0.1, 0.15) is 44.3 Å². The first-order chi connectivity index (χ1) is 19.3. The van der Waals surface area contributed by atoms with Gasteiger partial charge in [-0.3, -0.25) is 14.2 Å². The van der Waals surface area contributed by atoms with Crippen LogP contribution < -0.4 is 25.6 Å². The molecule has 0 saturated carbocycles. The molecule has 14 nitrogen and oxygen atoms in total. The lowest BCUT2D eigenvalue weighted by Crippen LogP contribution is -2.41. The number of esters is 1. The molecule has 0 saturated heterocycles. The predicted molar refractivity (Wildman–Crippen MR) is 138 cm³/mol. The van der Waals surface area contributed by atoms with Crippen LogP contribution in [0.4, 0.5) is 14.6 Å². The molecule has 17 heteroatoms. The van der Waals surface area contributed by atoms with Gasteiger partial charge in [0.05, 0.1) is 6.10 Å². The minimum absolute atomic E-state index is 0.0329. The molecule has 2 aromatic rings. The molecule has 3 N–H and O–H groups in total. The quantitative estimate of drug-likeness (QED) is 0.213. The van der Waals surface area contributed by atoms with Crippen molar-refractivity contribution in [3.05, 3.63) is 46.5 Å². The van der Waals surface area contributed by atoms with E-state index in [1.165, 1.54) is 38.2 Å². The van der Waals surface area contributed by atoms with Gasteiger partial charge >= 0.3 is 19.8 Å². The van der Waals surface area contributed by atoms with Crippen molar-refractivity contribution in [3.8, 4) is 11.5 Å². The Morgan fingerprint density at radius 3 is 2.54 bits per heavy atom. The summed E-state index contributed by atoms with van der Waals surface area (Å²) in [5.41, 5.74) is -0.683. The van der Waals surface area contributed by atoms with Gasteiger partial charge in [0.2, 0.25) is 6.79 Å². The van der Waals surface area contributed by atoms with E-state index in [4.69, 9.17) is 23.5 Å². The van der Waals surface area contributed by atoms with Crippen LogP contribution in [0.5, 0.6) is 11.5 Å². The molecule has 3 unspecified atom stereocenters. The van der Waals surface area contributed by atoms with E-state index in [9.17, 15) is 32.8 Å². The summed E-state index contributed by atoms with van der Waals surface area (Å²) in [5, 5.41) is 14.7. The van der Waals surface area contributed by atoms with Gasteiger partial charge in [0.15, 0.2) is 11.5 Å². The van der Waals surface area contributed by atoms with Gasteiger partial charge in [0.1, 0.15) is 36.9 Å². The van der Waals surface area contributed by atoms with Crippen molar-refractivity contribution >= 4 is 25.9 Å². The van der Waals surface area contributed by atoms with Crippen LogP contribution >= 0.6 is 8.18 Å². The number of hydrogen-bond acceptors (Lipinski definition) is 11. The lowest BCUT2D eigenvalue weighted by atomic mass is 10.2. The van der Waals surface area contributed by atoms with E-state index in [2.05, 4.69) is 15.4 Å². The number of aliphatic hydroxyl groups excluding tert-OH is 1. The van der Waals surface area contributed by atoms with Crippen molar-refractivity contribution in [2.24, 2.45) is 0 Å². The van der Waals surface area contributed by atoms with Crippen molar-refractivity contribution in [3.63, 3.8) is 0 Å². The average Bonchev–Trinajstić information content (AvgIpc) is 3.38. The highest BCUT2D eigenvalue weighted by atomic mass is 31.1. The van der Waals surface area contributed by atoms with Gasteiger partial charge in [-0.05, 0) is 56.5 Å². The zero-order valence-corrected chi connectivity index (χ0v) is 23.4. The number of alkyl halides is 2. The number of nitrogens with zero attached hydrogens (tertiary/aromatic N) is 2. The molecule has 1 aromatic heterocycles.